The lowest BCUT2D eigenvalue weighted by atomic mass is 9.89. The number of nitrogens with zero attached hydrogens (tertiary/aromatic N) is 2. The fourth-order valence-corrected chi connectivity index (χ4v) is 2.41. The minimum absolute atomic E-state index is 0.104. The van der Waals surface area contributed by atoms with E-state index in [0.29, 0.717) is 52.6 Å². The second-order valence-electron chi connectivity index (χ2n) is 5.43. The van der Waals surface area contributed by atoms with Crippen molar-refractivity contribution in [3.05, 3.63) is 0 Å². The van der Waals surface area contributed by atoms with Gasteiger partial charge < -0.3 is 19.3 Å². The standard InChI is InChI=1S/C13H22N2O4/c1-13(2,11(16)14-3-7-18-8-4-14)12(17)15-5-9-19-10-6-15/h3-10H2,1-2H3. The fourth-order valence-electron chi connectivity index (χ4n) is 2.41. The lowest BCUT2D eigenvalue weighted by Crippen LogP contribution is -2.55. The summed E-state index contributed by atoms with van der Waals surface area (Å²) in [6.45, 7) is 7.89. The summed E-state index contributed by atoms with van der Waals surface area (Å²) in [6.07, 6.45) is 0. The molecule has 0 aromatic heterocycles. The van der Waals surface area contributed by atoms with Crippen LogP contribution in [-0.4, -0.2) is 74.2 Å². The summed E-state index contributed by atoms with van der Waals surface area (Å²) in [5, 5.41) is 0. The number of carbonyl (C=O) groups is 2. The van der Waals surface area contributed by atoms with Gasteiger partial charge in [0, 0.05) is 26.2 Å². The maximum absolute atomic E-state index is 12.5. The highest BCUT2D eigenvalue weighted by Gasteiger charge is 2.42. The first-order valence-corrected chi connectivity index (χ1v) is 6.78. The molecule has 2 amide bonds. The van der Waals surface area contributed by atoms with Crippen LogP contribution in [0.4, 0.5) is 0 Å². The van der Waals surface area contributed by atoms with Gasteiger partial charge in [-0.1, -0.05) is 0 Å². The lowest BCUT2D eigenvalue weighted by Gasteiger charge is -2.37. The Labute approximate surface area is 113 Å². The third-order valence-electron chi connectivity index (χ3n) is 3.67. The number of carbonyl (C=O) groups excluding carboxylic acids is 2. The summed E-state index contributed by atoms with van der Waals surface area (Å²) in [7, 11) is 0. The predicted molar refractivity (Wildman–Crippen MR) is 68.6 cm³/mol. The molecule has 19 heavy (non-hydrogen) atoms. The lowest BCUT2D eigenvalue weighted by molar-refractivity contribution is -0.158. The Morgan fingerprint density at radius 3 is 1.42 bits per heavy atom. The van der Waals surface area contributed by atoms with Crippen LogP contribution in [0.25, 0.3) is 0 Å². The Morgan fingerprint density at radius 1 is 0.789 bits per heavy atom. The average molecular weight is 270 g/mol. The Hall–Kier alpha value is -1.14. The van der Waals surface area contributed by atoms with E-state index in [4.69, 9.17) is 9.47 Å². The summed E-state index contributed by atoms with van der Waals surface area (Å²) in [6, 6.07) is 0. The van der Waals surface area contributed by atoms with Gasteiger partial charge in [-0.25, -0.2) is 0 Å². The summed E-state index contributed by atoms with van der Waals surface area (Å²) in [5.41, 5.74) is -1.01. The molecule has 0 radical (unpaired) electrons. The van der Waals surface area contributed by atoms with Crippen LogP contribution in [0.15, 0.2) is 0 Å². The molecule has 0 aliphatic carbocycles. The molecule has 6 nitrogen and oxygen atoms in total. The number of hydrogen-bond donors (Lipinski definition) is 0. The third kappa shape index (κ3) is 3.06. The van der Waals surface area contributed by atoms with Gasteiger partial charge in [0.25, 0.3) is 0 Å². The van der Waals surface area contributed by atoms with E-state index < -0.39 is 5.41 Å². The van der Waals surface area contributed by atoms with Crippen LogP contribution in [0.2, 0.25) is 0 Å². The molecule has 0 aromatic rings. The van der Waals surface area contributed by atoms with Crippen molar-refractivity contribution in [1.29, 1.82) is 0 Å². The molecule has 108 valence electrons. The van der Waals surface area contributed by atoms with Gasteiger partial charge in [-0.2, -0.15) is 0 Å². The maximum Gasteiger partial charge on any atom is 0.237 e. The number of hydrogen-bond acceptors (Lipinski definition) is 4. The highest BCUT2D eigenvalue weighted by Crippen LogP contribution is 2.23. The smallest absolute Gasteiger partial charge is 0.237 e. The monoisotopic (exact) mass is 270 g/mol. The van der Waals surface area contributed by atoms with E-state index in [1.807, 2.05) is 0 Å². The second-order valence-corrected chi connectivity index (χ2v) is 5.43. The molecule has 2 rings (SSSR count). The first-order valence-electron chi connectivity index (χ1n) is 6.78. The first-order chi connectivity index (χ1) is 9.03. The average Bonchev–Trinajstić information content (AvgIpc) is 2.47. The van der Waals surface area contributed by atoms with E-state index in [2.05, 4.69) is 0 Å². The number of rotatable bonds is 2. The Bertz CT molecular complexity index is 313. The van der Waals surface area contributed by atoms with Gasteiger partial charge in [-0.3, -0.25) is 9.59 Å². The summed E-state index contributed by atoms with van der Waals surface area (Å²) < 4.78 is 10.5. The van der Waals surface area contributed by atoms with Crippen molar-refractivity contribution in [3.8, 4) is 0 Å². The van der Waals surface area contributed by atoms with Crippen LogP contribution in [0.3, 0.4) is 0 Å². The quantitative estimate of drug-likeness (QED) is 0.648. The normalized spacial score (nSPS) is 21.4. The van der Waals surface area contributed by atoms with Gasteiger partial charge in [0.1, 0.15) is 5.41 Å². The van der Waals surface area contributed by atoms with Crippen LogP contribution in [0.5, 0.6) is 0 Å². The first kappa shape index (κ1) is 14.3. The van der Waals surface area contributed by atoms with Crippen molar-refractivity contribution in [1.82, 2.24) is 9.80 Å². The van der Waals surface area contributed by atoms with Crippen LogP contribution in [0.1, 0.15) is 13.8 Å². The highest BCUT2D eigenvalue weighted by atomic mass is 16.5. The summed E-state index contributed by atoms with van der Waals surface area (Å²) >= 11 is 0. The zero-order valence-corrected chi connectivity index (χ0v) is 11.7. The fraction of sp³-hybridized carbons (Fsp3) is 0.846. The molecular formula is C13H22N2O4. The van der Waals surface area contributed by atoms with Crippen LogP contribution in [0, 0.1) is 5.41 Å². The molecule has 0 N–H and O–H groups in total. The van der Waals surface area contributed by atoms with Crippen molar-refractivity contribution < 1.29 is 19.1 Å². The molecular weight excluding hydrogens is 248 g/mol. The molecule has 0 spiro atoms. The van der Waals surface area contributed by atoms with Crippen molar-refractivity contribution in [2.45, 2.75) is 13.8 Å². The molecule has 2 saturated heterocycles. The van der Waals surface area contributed by atoms with Gasteiger partial charge in [-0.15, -0.1) is 0 Å². The Morgan fingerprint density at radius 2 is 1.11 bits per heavy atom. The van der Waals surface area contributed by atoms with E-state index in [1.165, 1.54) is 0 Å². The molecule has 6 heteroatoms. The molecule has 2 fully saturated rings. The second kappa shape index (κ2) is 5.88. The molecule has 0 unspecified atom stereocenters. The van der Waals surface area contributed by atoms with Crippen LogP contribution < -0.4 is 0 Å². The van der Waals surface area contributed by atoms with Gasteiger partial charge in [0.05, 0.1) is 26.4 Å². The van der Waals surface area contributed by atoms with Crippen LogP contribution in [-0.2, 0) is 19.1 Å². The van der Waals surface area contributed by atoms with E-state index in [1.54, 1.807) is 23.6 Å². The number of amides is 2. The molecule has 2 aliphatic heterocycles. The Balaban J connectivity index is 2.02. The van der Waals surface area contributed by atoms with Gasteiger partial charge in [0.15, 0.2) is 0 Å². The van der Waals surface area contributed by atoms with Gasteiger partial charge in [0.2, 0.25) is 11.8 Å². The zero-order chi connectivity index (χ0) is 13.9. The summed E-state index contributed by atoms with van der Waals surface area (Å²) in [4.78, 5) is 28.4. The van der Waals surface area contributed by atoms with E-state index in [-0.39, 0.29) is 11.8 Å². The molecule has 0 aromatic carbocycles. The largest absolute Gasteiger partial charge is 0.378 e. The highest BCUT2D eigenvalue weighted by molar-refractivity contribution is 6.04. The molecule has 2 heterocycles. The van der Waals surface area contributed by atoms with Crippen LogP contribution >= 0.6 is 0 Å². The minimum Gasteiger partial charge on any atom is -0.378 e. The summed E-state index contributed by atoms with van der Waals surface area (Å²) in [5.74, 6) is -0.209. The minimum atomic E-state index is -1.01. The SMILES string of the molecule is CC(C)(C(=O)N1CCOCC1)C(=O)N1CCOCC1. The van der Waals surface area contributed by atoms with Gasteiger partial charge >= 0.3 is 0 Å². The van der Waals surface area contributed by atoms with Crippen molar-refractivity contribution in [3.63, 3.8) is 0 Å². The molecule has 2 aliphatic rings. The molecule has 0 saturated carbocycles. The van der Waals surface area contributed by atoms with E-state index >= 15 is 0 Å². The Kier molecular flexibility index (Phi) is 4.42. The number of morpholine rings is 2. The number of ether oxygens (including phenoxy) is 2. The predicted octanol–water partition coefficient (Wildman–Crippen LogP) is -0.270. The van der Waals surface area contributed by atoms with Crippen molar-refractivity contribution in [2.75, 3.05) is 52.6 Å². The molecule has 0 bridgehead atoms. The van der Waals surface area contributed by atoms with E-state index in [0.717, 1.165) is 0 Å². The zero-order valence-electron chi connectivity index (χ0n) is 11.7. The van der Waals surface area contributed by atoms with Gasteiger partial charge in [-0.05, 0) is 13.8 Å². The molecule has 0 atom stereocenters. The topological polar surface area (TPSA) is 59.1 Å². The maximum atomic E-state index is 12.5. The van der Waals surface area contributed by atoms with Crippen molar-refractivity contribution in [2.24, 2.45) is 5.41 Å². The van der Waals surface area contributed by atoms with E-state index in [9.17, 15) is 9.59 Å². The third-order valence-corrected chi connectivity index (χ3v) is 3.67. The van der Waals surface area contributed by atoms with Crippen molar-refractivity contribution >= 4 is 11.8 Å².